The van der Waals surface area contributed by atoms with Crippen LogP contribution in [0.25, 0.3) is 5.69 Å². The quantitative estimate of drug-likeness (QED) is 0.779. The molecule has 0 saturated heterocycles. The molecule has 6 heteroatoms. The normalized spacial score (nSPS) is 10.4. The number of amides is 1. The number of halogens is 1. The molecule has 3 rings (SSSR count). The van der Waals surface area contributed by atoms with Gasteiger partial charge in [0.05, 0.1) is 24.7 Å². The Bertz CT molecular complexity index is 861. The van der Waals surface area contributed by atoms with E-state index in [0.29, 0.717) is 29.3 Å². The first-order chi connectivity index (χ1) is 11.7. The van der Waals surface area contributed by atoms with Crippen molar-refractivity contribution >= 4 is 11.6 Å². The molecule has 122 valence electrons. The van der Waals surface area contributed by atoms with Crippen LogP contribution in [-0.2, 0) is 0 Å². The molecule has 1 amide bonds. The molecule has 3 aromatic rings. The number of benzene rings is 2. The van der Waals surface area contributed by atoms with Gasteiger partial charge in [0.25, 0.3) is 5.91 Å². The van der Waals surface area contributed by atoms with Gasteiger partial charge in [0, 0.05) is 5.56 Å². The SMILES string of the molecule is CCOc1cccc(C(=O)Nc2cnn(-c3ccccc3F)c2)c1. The van der Waals surface area contributed by atoms with Crippen LogP contribution in [-0.4, -0.2) is 22.3 Å². The van der Waals surface area contributed by atoms with E-state index < -0.39 is 0 Å². The summed E-state index contributed by atoms with van der Waals surface area (Å²) in [5, 5.41) is 6.82. The smallest absolute Gasteiger partial charge is 0.255 e. The first-order valence-corrected chi connectivity index (χ1v) is 7.51. The van der Waals surface area contributed by atoms with Gasteiger partial charge in [-0.05, 0) is 37.3 Å². The minimum atomic E-state index is -0.386. The minimum absolute atomic E-state index is 0.287. The van der Waals surface area contributed by atoms with Crippen molar-refractivity contribution < 1.29 is 13.9 Å². The van der Waals surface area contributed by atoms with Crippen LogP contribution in [0.15, 0.2) is 60.9 Å². The topological polar surface area (TPSA) is 56.1 Å². The molecule has 2 aromatic carbocycles. The predicted molar refractivity (Wildman–Crippen MR) is 89.1 cm³/mol. The molecule has 0 unspecified atom stereocenters. The Labute approximate surface area is 138 Å². The third-order valence-electron chi connectivity index (χ3n) is 3.35. The summed E-state index contributed by atoms with van der Waals surface area (Å²) in [4.78, 5) is 12.3. The molecule has 1 heterocycles. The van der Waals surface area contributed by atoms with Gasteiger partial charge in [-0.15, -0.1) is 0 Å². The maximum Gasteiger partial charge on any atom is 0.255 e. The summed E-state index contributed by atoms with van der Waals surface area (Å²) in [6, 6.07) is 13.2. The highest BCUT2D eigenvalue weighted by Gasteiger charge is 2.10. The molecule has 0 fully saturated rings. The number of para-hydroxylation sites is 1. The molecule has 0 radical (unpaired) electrons. The summed E-state index contributed by atoms with van der Waals surface area (Å²) in [7, 11) is 0. The molecule has 1 aromatic heterocycles. The van der Waals surface area contributed by atoms with Crippen molar-refractivity contribution in [1.82, 2.24) is 9.78 Å². The van der Waals surface area contributed by atoms with Crippen LogP contribution in [0, 0.1) is 5.82 Å². The number of carbonyl (C=O) groups is 1. The van der Waals surface area contributed by atoms with E-state index in [1.807, 2.05) is 6.92 Å². The van der Waals surface area contributed by atoms with E-state index >= 15 is 0 Å². The lowest BCUT2D eigenvalue weighted by Crippen LogP contribution is -2.11. The molecule has 1 N–H and O–H groups in total. The number of anilines is 1. The predicted octanol–water partition coefficient (Wildman–Crippen LogP) is 3.66. The lowest BCUT2D eigenvalue weighted by Gasteiger charge is -2.06. The van der Waals surface area contributed by atoms with Crippen molar-refractivity contribution in [3.05, 3.63) is 72.3 Å². The second-order valence-electron chi connectivity index (χ2n) is 5.04. The van der Waals surface area contributed by atoms with Gasteiger partial charge >= 0.3 is 0 Å². The van der Waals surface area contributed by atoms with Gasteiger partial charge in [-0.2, -0.15) is 5.10 Å². The molecular weight excluding hydrogens is 309 g/mol. The molecule has 0 spiro atoms. The highest BCUT2D eigenvalue weighted by molar-refractivity contribution is 6.04. The average molecular weight is 325 g/mol. The van der Waals surface area contributed by atoms with Gasteiger partial charge < -0.3 is 10.1 Å². The third kappa shape index (κ3) is 3.43. The molecule has 0 aliphatic heterocycles. The molecular formula is C18H16FN3O2. The van der Waals surface area contributed by atoms with Crippen molar-refractivity contribution in [2.75, 3.05) is 11.9 Å². The number of hydrogen-bond acceptors (Lipinski definition) is 3. The number of aromatic nitrogens is 2. The van der Waals surface area contributed by atoms with Crippen molar-refractivity contribution in [1.29, 1.82) is 0 Å². The largest absolute Gasteiger partial charge is 0.494 e. The van der Waals surface area contributed by atoms with E-state index in [4.69, 9.17) is 4.74 Å². The second kappa shape index (κ2) is 6.95. The van der Waals surface area contributed by atoms with Crippen LogP contribution >= 0.6 is 0 Å². The Hall–Kier alpha value is -3.15. The van der Waals surface area contributed by atoms with Gasteiger partial charge in [0.1, 0.15) is 17.3 Å². The van der Waals surface area contributed by atoms with Crippen LogP contribution in [0.1, 0.15) is 17.3 Å². The molecule has 0 atom stereocenters. The van der Waals surface area contributed by atoms with Gasteiger partial charge in [0.15, 0.2) is 0 Å². The first kappa shape index (κ1) is 15.7. The monoisotopic (exact) mass is 325 g/mol. The molecule has 0 aliphatic carbocycles. The standard InChI is InChI=1S/C18H16FN3O2/c1-2-24-15-7-5-6-13(10-15)18(23)21-14-11-20-22(12-14)17-9-4-3-8-16(17)19/h3-12H,2H2,1H3,(H,21,23). The van der Waals surface area contributed by atoms with E-state index in [9.17, 15) is 9.18 Å². The lowest BCUT2D eigenvalue weighted by molar-refractivity contribution is 0.102. The van der Waals surface area contributed by atoms with Gasteiger partial charge in [-0.1, -0.05) is 18.2 Å². The summed E-state index contributed by atoms with van der Waals surface area (Å²) in [6.45, 7) is 2.41. The molecule has 0 bridgehead atoms. The summed E-state index contributed by atoms with van der Waals surface area (Å²) < 4.78 is 20.5. The molecule has 5 nitrogen and oxygen atoms in total. The van der Waals surface area contributed by atoms with Crippen LogP contribution in [0.2, 0.25) is 0 Å². The summed E-state index contributed by atoms with van der Waals surface area (Å²) in [5.74, 6) is -0.0419. The fourth-order valence-corrected chi connectivity index (χ4v) is 2.25. The number of rotatable bonds is 5. The highest BCUT2D eigenvalue weighted by Crippen LogP contribution is 2.17. The van der Waals surface area contributed by atoms with Crippen molar-refractivity contribution in [3.8, 4) is 11.4 Å². The van der Waals surface area contributed by atoms with E-state index in [0.717, 1.165) is 0 Å². The van der Waals surface area contributed by atoms with Gasteiger partial charge in [-0.3, -0.25) is 4.79 Å². The molecule has 0 aliphatic rings. The summed E-state index contributed by atoms with van der Waals surface area (Å²) in [6.07, 6.45) is 3.03. The molecule has 0 saturated carbocycles. The summed E-state index contributed by atoms with van der Waals surface area (Å²) >= 11 is 0. The van der Waals surface area contributed by atoms with Crippen molar-refractivity contribution in [3.63, 3.8) is 0 Å². The Balaban J connectivity index is 1.76. The average Bonchev–Trinajstić information content (AvgIpc) is 3.04. The zero-order valence-electron chi connectivity index (χ0n) is 13.1. The third-order valence-corrected chi connectivity index (χ3v) is 3.35. The summed E-state index contributed by atoms with van der Waals surface area (Å²) in [5.41, 5.74) is 1.26. The van der Waals surface area contributed by atoms with Crippen molar-refractivity contribution in [2.45, 2.75) is 6.92 Å². The Kier molecular flexibility index (Phi) is 4.56. The van der Waals surface area contributed by atoms with E-state index in [-0.39, 0.29) is 11.7 Å². The maximum atomic E-state index is 13.8. The first-order valence-electron chi connectivity index (χ1n) is 7.51. The highest BCUT2D eigenvalue weighted by atomic mass is 19.1. The Morgan fingerprint density at radius 3 is 2.88 bits per heavy atom. The number of ether oxygens (including phenoxy) is 1. The lowest BCUT2D eigenvalue weighted by atomic mass is 10.2. The number of nitrogens with one attached hydrogen (secondary N) is 1. The molecule has 24 heavy (non-hydrogen) atoms. The number of nitrogens with zero attached hydrogens (tertiary/aromatic N) is 2. The van der Waals surface area contributed by atoms with E-state index in [1.165, 1.54) is 16.9 Å². The Morgan fingerprint density at radius 1 is 1.25 bits per heavy atom. The fraction of sp³-hybridized carbons (Fsp3) is 0.111. The number of carbonyl (C=O) groups excluding carboxylic acids is 1. The van der Waals surface area contributed by atoms with Crippen LogP contribution in [0.3, 0.4) is 0 Å². The van der Waals surface area contributed by atoms with E-state index in [1.54, 1.807) is 48.7 Å². The maximum absolute atomic E-state index is 13.8. The van der Waals surface area contributed by atoms with Gasteiger partial charge in [-0.25, -0.2) is 9.07 Å². The minimum Gasteiger partial charge on any atom is -0.494 e. The fourth-order valence-electron chi connectivity index (χ4n) is 2.25. The van der Waals surface area contributed by atoms with Crippen LogP contribution in [0.4, 0.5) is 10.1 Å². The Morgan fingerprint density at radius 2 is 2.08 bits per heavy atom. The van der Waals surface area contributed by atoms with E-state index in [2.05, 4.69) is 10.4 Å². The zero-order valence-corrected chi connectivity index (χ0v) is 13.1. The van der Waals surface area contributed by atoms with Crippen molar-refractivity contribution in [2.24, 2.45) is 0 Å². The van der Waals surface area contributed by atoms with Crippen LogP contribution in [0.5, 0.6) is 5.75 Å². The second-order valence-corrected chi connectivity index (χ2v) is 5.04. The zero-order chi connectivity index (χ0) is 16.9. The van der Waals surface area contributed by atoms with Gasteiger partial charge in [0.2, 0.25) is 0 Å². The van der Waals surface area contributed by atoms with Crippen LogP contribution < -0.4 is 10.1 Å². The number of hydrogen-bond donors (Lipinski definition) is 1.